The van der Waals surface area contributed by atoms with Gasteiger partial charge < -0.3 is 15.2 Å². The summed E-state index contributed by atoms with van der Waals surface area (Å²) in [4.78, 5) is 9.78. The van der Waals surface area contributed by atoms with Crippen molar-refractivity contribution in [2.45, 2.75) is 32.1 Å². The quantitative estimate of drug-likeness (QED) is 0.493. The number of hydrogen-bond acceptors (Lipinski definition) is 7. The third-order valence-electron chi connectivity index (χ3n) is 5.99. The van der Waals surface area contributed by atoms with Crippen LogP contribution in [0.2, 0.25) is 5.02 Å². The molecule has 9 heteroatoms. The summed E-state index contributed by atoms with van der Waals surface area (Å²) in [6, 6.07) is 5.78. The van der Waals surface area contributed by atoms with E-state index in [4.69, 9.17) is 21.4 Å². The van der Waals surface area contributed by atoms with Crippen LogP contribution in [0.5, 0.6) is 5.75 Å². The van der Waals surface area contributed by atoms with Gasteiger partial charge in [-0.1, -0.05) is 11.6 Å². The Morgan fingerprint density at radius 3 is 3.10 bits per heavy atom. The van der Waals surface area contributed by atoms with Crippen LogP contribution in [-0.2, 0) is 33.0 Å². The lowest BCUT2D eigenvalue weighted by Crippen LogP contribution is -2.24. The van der Waals surface area contributed by atoms with Gasteiger partial charge in [0.2, 0.25) is 0 Å². The summed E-state index contributed by atoms with van der Waals surface area (Å²) in [7, 11) is 1.99. The third kappa shape index (κ3) is 3.05. The molecule has 0 fully saturated rings. The lowest BCUT2D eigenvalue weighted by molar-refractivity contribution is 0.226. The van der Waals surface area contributed by atoms with E-state index < -0.39 is 0 Å². The number of thiophene rings is 1. The molecule has 2 aliphatic rings. The van der Waals surface area contributed by atoms with Gasteiger partial charge in [0.25, 0.3) is 0 Å². The van der Waals surface area contributed by atoms with E-state index in [2.05, 4.69) is 15.3 Å². The SMILES string of the molecule is Cn1nc2c(c1[C@H]1Cc3cc(Cl)cc(-c4ncnc5cc(CO)sc45)c3O1)CNCC2. The second-order valence-corrected chi connectivity index (χ2v) is 9.49. The molecule has 0 radical (unpaired) electrons. The maximum Gasteiger partial charge on any atom is 0.145 e. The molecule has 4 aromatic rings. The smallest absolute Gasteiger partial charge is 0.145 e. The van der Waals surface area contributed by atoms with E-state index in [1.165, 1.54) is 16.9 Å². The summed E-state index contributed by atoms with van der Waals surface area (Å²) in [5.74, 6) is 0.812. The van der Waals surface area contributed by atoms with Crippen LogP contribution in [0.25, 0.3) is 21.5 Å². The van der Waals surface area contributed by atoms with Crippen molar-refractivity contribution in [2.24, 2.45) is 7.05 Å². The minimum absolute atomic E-state index is 0.0215. The molecule has 1 atom stereocenters. The molecule has 31 heavy (non-hydrogen) atoms. The second kappa shape index (κ2) is 7.27. The van der Waals surface area contributed by atoms with Gasteiger partial charge in [-0.15, -0.1) is 11.3 Å². The summed E-state index contributed by atoms with van der Waals surface area (Å²) < 4.78 is 9.45. The molecule has 0 spiro atoms. The van der Waals surface area contributed by atoms with Crippen LogP contribution in [0.1, 0.15) is 33.5 Å². The Morgan fingerprint density at radius 2 is 2.23 bits per heavy atom. The third-order valence-corrected chi connectivity index (χ3v) is 7.33. The number of rotatable bonds is 3. The van der Waals surface area contributed by atoms with Crippen molar-refractivity contribution in [3.8, 4) is 17.0 Å². The molecule has 2 aliphatic heterocycles. The summed E-state index contributed by atoms with van der Waals surface area (Å²) in [5, 5.41) is 18.4. The van der Waals surface area contributed by atoms with E-state index in [0.29, 0.717) is 5.02 Å². The molecular weight excluding hydrogens is 434 g/mol. The number of nitrogens with zero attached hydrogens (tertiary/aromatic N) is 4. The molecule has 0 unspecified atom stereocenters. The fourth-order valence-corrected chi connectivity index (χ4v) is 5.89. The molecule has 0 amide bonds. The van der Waals surface area contributed by atoms with Gasteiger partial charge in [0.15, 0.2) is 0 Å². The summed E-state index contributed by atoms with van der Waals surface area (Å²) in [5.41, 5.74) is 7.04. The van der Waals surface area contributed by atoms with Crippen LogP contribution < -0.4 is 10.1 Å². The van der Waals surface area contributed by atoms with Gasteiger partial charge in [-0.3, -0.25) is 4.68 Å². The van der Waals surface area contributed by atoms with Gasteiger partial charge in [-0.05, 0) is 18.2 Å². The molecular formula is C22H20ClN5O2S. The van der Waals surface area contributed by atoms with E-state index in [9.17, 15) is 5.11 Å². The number of aromatic nitrogens is 4. The molecule has 3 aromatic heterocycles. The maximum absolute atomic E-state index is 9.57. The highest BCUT2D eigenvalue weighted by Crippen LogP contribution is 2.47. The number of halogens is 1. The lowest BCUT2D eigenvalue weighted by Gasteiger charge is -2.17. The van der Waals surface area contributed by atoms with Crippen LogP contribution >= 0.6 is 22.9 Å². The molecule has 1 aromatic carbocycles. The van der Waals surface area contributed by atoms with Gasteiger partial charge >= 0.3 is 0 Å². The average molecular weight is 454 g/mol. The monoisotopic (exact) mass is 453 g/mol. The van der Waals surface area contributed by atoms with E-state index in [1.807, 2.05) is 29.9 Å². The first-order chi connectivity index (χ1) is 15.1. The molecule has 6 rings (SSSR count). The summed E-state index contributed by atoms with van der Waals surface area (Å²) >= 11 is 8.01. The standard InChI is InChI=1S/C22H20ClN5O2S/c1-28-20(15-8-24-3-2-16(15)27-28)18-5-11-4-12(23)6-14(21(11)30-18)19-22-17(25-10-26-19)7-13(9-29)31-22/h4,6-7,10,18,24,29H,2-3,5,8-9H2,1H3/t18-/m1/s1. The Labute approximate surface area is 187 Å². The van der Waals surface area contributed by atoms with Crippen molar-refractivity contribution in [3.05, 3.63) is 56.9 Å². The topological polar surface area (TPSA) is 85.1 Å². The number of nitrogens with one attached hydrogen (secondary N) is 1. The van der Waals surface area contributed by atoms with Crippen molar-refractivity contribution in [3.63, 3.8) is 0 Å². The zero-order valence-corrected chi connectivity index (χ0v) is 18.4. The zero-order chi connectivity index (χ0) is 21.1. The fraction of sp³-hybridized carbons (Fsp3) is 0.318. The largest absolute Gasteiger partial charge is 0.483 e. The Bertz CT molecular complexity index is 1330. The van der Waals surface area contributed by atoms with Gasteiger partial charge in [-0.2, -0.15) is 5.10 Å². The van der Waals surface area contributed by atoms with Crippen LogP contribution in [0.4, 0.5) is 0 Å². The van der Waals surface area contributed by atoms with Crippen LogP contribution in [0.15, 0.2) is 24.5 Å². The van der Waals surface area contributed by atoms with Gasteiger partial charge in [0, 0.05) is 59.6 Å². The number of ether oxygens (including phenoxy) is 1. The van der Waals surface area contributed by atoms with E-state index in [-0.39, 0.29) is 12.7 Å². The zero-order valence-electron chi connectivity index (χ0n) is 16.9. The Morgan fingerprint density at radius 1 is 1.32 bits per heavy atom. The van der Waals surface area contributed by atoms with Gasteiger partial charge in [-0.25, -0.2) is 9.97 Å². The van der Waals surface area contributed by atoms with E-state index >= 15 is 0 Å². The van der Waals surface area contributed by atoms with E-state index in [0.717, 1.165) is 75.0 Å². The Hall–Kier alpha value is -2.52. The van der Waals surface area contributed by atoms with Crippen LogP contribution in [0.3, 0.4) is 0 Å². The van der Waals surface area contributed by atoms with Crippen molar-refractivity contribution in [2.75, 3.05) is 6.54 Å². The minimum Gasteiger partial charge on any atom is -0.483 e. The summed E-state index contributed by atoms with van der Waals surface area (Å²) in [6.45, 7) is 1.75. The van der Waals surface area contributed by atoms with Crippen LogP contribution in [0, 0.1) is 0 Å². The number of benzene rings is 1. The molecule has 0 bridgehead atoms. The summed E-state index contributed by atoms with van der Waals surface area (Å²) in [6.07, 6.45) is 3.09. The van der Waals surface area contributed by atoms with Crippen molar-refractivity contribution in [1.82, 2.24) is 25.1 Å². The molecule has 2 N–H and O–H groups in total. The lowest BCUT2D eigenvalue weighted by atomic mass is 9.99. The predicted molar refractivity (Wildman–Crippen MR) is 119 cm³/mol. The van der Waals surface area contributed by atoms with E-state index in [1.54, 1.807) is 6.33 Å². The molecule has 0 saturated carbocycles. The molecule has 158 valence electrons. The minimum atomic E-state index is -0.123. The number of aliphatic hydroxyl groups is 1. The normalized spacial score (nSPS) is 17.6. The molecule has 0 aliphatic carbocycles. The first-order valence-electron chi connectivity index (χ1n) is 10.2. The number of aliphatic hydroxyl groups excluding tert-OH is 1. The van der Waals surface area contributed by atoms with Crippen molar-refractivity contribution >= 4 is 33.2 Å². The molecule has 0 saturated heterocycles. The van der Waals surface area contributed by atoms with Crippen LogP contribution in [-0.4, -0.2) is 31.4 Å². The highest BCUT2D eigenvalue weighted by molar-refractivity contribution is 7.19. The Balaban J connectivity index is 1.47. The van der Waals surface area contributed by atoms with Crippen molar-refractivity contribution < 1.29 is 9.84 Å². The second-order valence-electron chi connectivity index (χ2n) is 7.92. The number of hydrogen-bond donors (Lipinski definition) is 2. The average Bonchev–Trinajstić information content (AvgIpc) is 3.45. The van der Waals surface area contributed by atoms with Crippen molar-refractivity contribution in [1.29, 1.82) is 0 Å². The first-order valence-corrected chi connectivity index (χ1v) is 11.4. The highest BCUT2D eigenvalue weighted by Gasteiger charge is 2.34. The highest BCUT2D eigenvalue weighted by atomic mass is 35.5. The molecule has 5 heterocycles. The Kier molecular flexibility index (Phi) is 4.50. The maximum atomic E-state index is 9.57. The van der Waals surface area contributed by atoms with Gasteiger partial charge in [0.05, 0.1) is 33.9 Å². The number of aryl methyl sites for hydroxylation is 1. The number of fused-ring (bicyclic) bond motifs is 3. The predicted octanol–water partition coefficient (Wildman–Crippen LogP) is 3.56. The molecule has 7 nitrogen and oxygen atoms in total. The fourth-order valence-electron chi connectivity index (χ4n) is 4.68. The van der Waals surface area contributed by atoms with Gasteiger partial charge in [0.1, 0.15) is 18.2 Å². The first kappa shape index (κ1) is 19.2.